The van der Waals surface area contributed by atoms with Crippen LogP contribution >= 0.6 is 11.6 Å². The maximum absolute atomic E-state index is 6.08. The van der Waals surface area contributed by atoms with E-state index in [0.717, 1.165) is 31.9 Å². The Bertz CT molecular complexity index is 317. The summed E-state index contributed by atoms with van der Waals surface area (Å²) in [6, 6.07) is 0. The van der Waals surface area contributed by atoms with Gasteiger partial charge in [0.2, 0.25) is 0 Å². The molecule has 2 heterocycles. The van der Waals surface area contributed by atoms with Gasteiger partial charge in [-0.15, -0.1) is 11.6 Å². The van der Waals surface area contributed by atoms with Crippen molar-refractivity contribution < 1.29 is 4.74 Å². The Morgan fingerprint density at radius 3 is 3.27 bits per heavy atom. The third kappa shape index (κ3) is 3.15. The minimum Gasteiger partial charge on any atom is -0.379 e. The van der Waals surface area contributed by atoms with Gasteiger partial charge in [0.05, 0.1) is 30.5 Å². The molecular formula is C9H15ClN4O. The van der Waals surface area contributed by atoms with Crippen molar-refractivity contribution >= 4 is 11.6 Å². The lowest BCUT2D eigenvalue weighted by Gasteiger charge is -2.18. The fourth-order valence-corrected chi connectivity index (χ4v) is 1.95. The number of aromatic nitrogens is 3. The summed E-state index contributed by atoms with van der Waals surface area (Å²) in [5, 5.41) is 8.35. The SMILES string of the molecule is Cn1ncc(CN2CCOCC(Cl)C2)n1. The minimum atomic E-state index is 0.0733. The summed E-state index contributed by atoms with van der Waals surface area (Å²) in [4.78, 5) is 3.82. The van der Waals surface area contributed by atoms with Crippen LogP contribution in [0.3, 0.4) is 0 Å². The van der Waals surface area contributed by atoms with Crippen molar-refractivity contribution in [2.45, 2.75) is 11.9 Å². The van der Waals surface area contributed by atoms with Crippen molar-refractivity contribution in [2.24, 2.45) is 7.05 Å². The highest BCUT2D eigenvalue weighted by atomic mass is 35.5. The summed E-state index contributed by atoms with van der Waals surface area (Å²) in [5.41, 5.74) is 0.975. The van der Waals surface area contributed by atoms with E-state index in [1.165, 1.54) is 0 Å². The van der Waals surface area contributed by atoms with Crippen molar-refractivity contribution in [1.29, 1.82) is 0 Å². The summed E-state index contributed by atoms with van der Waals surface area (Å²) >= 11 is 6.08. The van der Waals surface area contributed by atoms with E-state index < -0.39 is 0 Å². The first kappa shape index (κ1) is 10.9. The third-order valence-electron chi connectivity index (χ3n) is 2.34. The molecule has 2 rings (SSSR count). The number of ether oxygens (including phenoxy) is 1. The predicted octanol–water partition coefficient (Wildman–Crippen LogP) is 0.255. The normalized spacial score (nSPS) is 24.0. The zero-order valence-corrected chi connectivity index (χ0v) is 9.52. The Morgan fingerprint density at radius 1 is 1.67 bits per heavy atom. The molecule has 1 fully saturated rings. The second kappa shape index (κ2) is 4.92. The number of hydrogen-bond donors (Lipinski definition) is 0. The van der Waals surface area contributed by atoms with Gasteiger partial charge in [-0.2, -0.15) is 15.0 Å². The zero-order chi connectivity index (χ0) is 10.7. The van der Waals surface area contributed by atoms with Gasteiger partial charge in [0.25, 0.3) is 0 Å². The highest BCUT2D eigenvalue weighted by Crippen LogP contribution is 2.08. The number of nitrogens with zero attached hydrogens (tertiary/aromatic N) is 4. The lowest BCUT2D eigenvalue weighted by Crippen LogP contribution is -2.30. The second-order valence-electron chi connectivity index (χ2n) is 3.73. The highest BCUT2D eigenvalue weighted by Gasteiger charge is 2.17. The van der Waals surface area contributed by atoms with Gasteiger partial charge in [-0.3, -0.25) is 4.90 Å². The second-order valence-corrected chi connectivity index (χ2v) is 4.35. The Balaban J connectivity index is 1.92. The van der Waals surface area contributed by atoms with Crippen LogP contribution in [0.25, 0.3) is 0 Å². The Labute approximate surface area is 94.0 Å². The monoisotopic (exact) mass is 230 g/mol. The first-order chi connectivity index (χ1) is 7.24. The lowest BCUT2D eigenvalue weighted by molar-refractivity contribution is 0.141. The molecule has 1 aliphatic rings. The van der Waals surface area contributed by atoms with Crippen molar-refractivity contribution in [2.75, 3.05) is 26.3 Å². The van der Waals surface area contributed by atoms with E-state index >= 15 is 0 Å². The molecule has 0 amide bonds. The molecule has 6 heteroatoms. The van der Waals surface area contributed by atoms with Crippen molar-refractivity contribution in [1.82, 2.24) is 19.9 Å². The predicted molar refractivity (Wildman–Crippen MR) is 56.7 cm³/mol. The molecule has 84 valence electrons. The number of rotatable bonds is 2. The van der Waals surface area contributed by atoms with Gasteiger partial charge in [-0.05, 0) is 0 Å². The molecule has 1 atom stereocenters. The van der Waals surface area contributed by atoms with Gasteiger partial charge in [0, 0.05) is 26.7 Å². The topological polar surface area (TPSA) is 43.2 Å². The quantitative estimate of drug-likeness (QED) is 0.684. The zero-order valence-electron chi connectivity index (χ0n) is 8.77. The van der Waals surface area contributed by atoms with E-state index in [1.807, 2.05) is 7.05 Å². The van der Waals surface area contributed by atoms with Crippen molar-refractivity contribution in [3.8, 4) is 0 Å². The molecular weight excluding hydrogens is 216 g/mol. The van der Waals surface area contributed by atoms with Crippen LogP contribution in [0.1, 0.15) is 5.69 Å². The summed E-state index contributed by atoms with van der Waals surface area (Å²) in [5.74, 6) is 0. The molecule has 0 aromatic carbocycles. The molecule has 0 radical (unpaired) electrons. The van der Waals surface area contributed by atoms with Gasteiger partial charge >= 0.3 is 0 Å². The smallest absolute Gasteiger partial charge is 0.0967 e. The molecule has 1 aromatic heterocycles. The fourth-order valence-electron chi connectivity index (χ4n) is 1.66. The van der Waals surface area contributed by atoms with E-state index in [1.54, 1.807) is 11.0 Å². The number of halogens is 1. The summed E-state index contributed by atoms with van der Waals surface area (Å²) in [7, 11) is 1.82. The van der Waals surface area contributed by atoms with Crippen LogP contribution in [-0.2, 0) is 18.3 Å². The summed E-state index contributed by atoms with van der Waals surface area (Å²) in [6.45, 7) is 3.92. The highest BCUT2D eigenvalue weighted by molar-refractivity contribution is 6.20. The number of alkyl halides is 1. The third-order valence-corrected chi connectivity index (χ3v) is 2.60. The standard InChI is InChI=1S/C9H15ClN4O/c1-13-11-4-9(12-13)6-14-2-3-15-7-8(10)5-14/h4,8H,2-3,5-7H2,1H3. The van der Waals surface area contributed by atoms with Gasteiger partial charge < -0.3 is 4.74 Å². The van der Waals surface area contributed by atoms with Crippen LogP contribution in [0.2, 0.25) is 0 Å². The first-order valence-electron chi connectivity index (χ1n) is 5.03. The molecule has 1 aromatic rings. The molecule has 5 nitrogen and oxygen atoms in total. The lowest BCUT2D eigenvalue weighted by atomic mass is 10.3. The van der Waals surface area contributed by atoms with Crippen molar-refractivity contribution in [3.05, 3.63) is 11.9 Å². The molecule has 0 saturated carbocycles. The van der Waals surface area contributed by atoms with Gasteiger partial charge in [0.1, 0.15) is 0 Å². The van der Waals surface area contributed by atoms with Crippen molar-refractivity contribution in [3.63, 3.8) is 0 Å². The fraction of sp³-hybridized carbons (Fsp3) is 0.778. The molecule has 15 heavy (non-hydrogen) atoms. The van der Waals surface area contributed by atoms with E-state index in [4.69, 9.17) is 16.3 Å². The van der Waals surface area contributed by atoms with Crippen LogP contribution in [-0.4, -0.2) is 51.6 Å². The molecule has 0 spiro atoms. The largest absolute Gasteiger partial charge is 0.379 e. The molecule has 1 saturated heterocycles. The summed E-state index contributed by atoms with van der Waals surface area (Å²) in [6.07, 6.45) is 1.79. The van der Waals surface area contributed by atoms with E-state index in [-0.39, 0.29) is 5.38 Å². The average molecular weight is 231 g/mol. The van der Waals surface area contributed by atoms with E-state index in [2.05, 4.69) is 15.1 Å². The van der Waals surface area contributed by atoms with Crippen LogP contribution in [0.4, 0.5) is 0 Å². The summed E-state index contributed by atoms with van der Waals surface area (Å²) < 4.78 is 5.37. The van der Waals surface area contributed by atoms with Crippen LogP contribution < -0.4 is 0 Å². The van der Waals surface area contributed by atoms with Gasteiger partial charge in [-0.1, -0.05) is 0 Å². The Morgan fingerprint density at radius 2 is 2.53 bits per heavy atom. The minimum absolute atomic E-state index is 0.0733. The van der Waals surface area contributed by atoms with Gasteiger partial charge in [-0.25, -0.2) is 0 Å². The molecule has 0 bridgehead atoms. The maximum atomic E-state index is 6.08. The molecule has 1 unspecified atom stereocenters. The number of hydrogen-bond acceptors (Lipinski definition) is 4. The van der Waals surface area contributed by atoms with E-state index in [0.29, 0.717) is 6.61 Å². The number of aryl methyl sites for hydroxylation is 1. The van der Waals surface area contributed by atoms with Crippen LogP contribution in [0.5, 0.6) is 0 Å². The van der Waals surface area contributed by atoms with Gasteiger partial charge in [0.15, 0.2) is 0 Å². The molecule has 0 aliphatic carbocycles. The average Bonchev–Trinajstić information content (AvgIpc) is 2.46. The Hall–Kier alpha value is -0.650. The first-order valence-corrected chi connectivity index (χ1v) is 5.47. The molecule has 1 aliphatic heterocycles. The maximum Gasteiger partial charge on any atom is 0.0967 e. The van der Waals surface area contributed by atoms with Crippen LogP contribution in [0.15, 0.2) is 6.20 Å². The molecule has 0 N–H and O–H groups in total. The Kier molecular flexibility index (Phi) is 3.56. The van der Waals surface area contributed by atoms with E-state index in [9.17, 15) is 0 Å². The van der Waals surface area contributed by atoms with Crippen LogP contribution in [0, 0.1) is 0 Å².